The maximum absolute atomic E-state index is 12.3. The second-order valence-corrected chi connectivity index (χ2v) is 8.11. The minimum atomic E-state index is -0.319. The third-order valence-corrected chi connectivity index (χ3v) is 5.64. The number of urea groups is 1. The fourth-order valence-electron chi connectivity index (χ4n) is 3.42. The van der Waals surface area contributed by atoms with Crippen LogP contribution in [0.4, 0.5) is 10.5 Å². The fourth-order valence-corrected chi connectivity index (χ4v) is 4.00. The van der Waals surface area contributed by atoms with E-state index in [1.807, 2.05) is 36.1 Å². The molecule has 5 nitrogen and oxygen atoms in total. The van der Waals surface area contributed by atoms with Gasteiger partial charge in [-0.05, 0) is 61.6 Å². The van der Waals surface area contributed by atoms with E-state index in [0.29, 0.717) is 28.6 Å². The van der Waals surface area contributed by atoms with E-state index in [2.05, 4.69) is 10.6 Å². The SMILES string of the molecule is CC(NC(=O)Nc1ccc(CCC(=O)N2CCCC2)cc1)c1ccc(Cl)cc1Cl. The second kappa shape index (κ2) is 9.99. The second-order valence-electron chi connectivity index (χ2n) is 7.27. The van der Waals surface area contributed by atoms with Gasteiger partial charge in [-0.1, -0.05) is 41.4 Å². The number of nitrogens with one attached hydrogen (secondary N) is 2. The van der Waals surface area contributed by atoms with E-state index < -0.39 is 0 Å². The number of anilines is 1. The summed E-state index contributed by atoms with van der Waals surface area (Å²) in [5, 5.41) is 6.74. The van der Waals surface area contributed by atoms with Crippen molar-refractivity contribution in [3.05, 3.63) is 63.6 Å². The third-order valence-electron chi connectivity index (χ3n) is 5.07. The molecule has 0 saturated carbocycles. The van der Waals surface area contributed by atoms with Crippen LogP contribution >= 0.6 is 23.2 Å². The average molecular weight is 434 g/mol. The van der Waals surface area contributed by atoms with Crippen LogP contribution in [-0.2, 0) is 11.2 Å². The lowest BCUT2D eigenvalue weighted by Gasteiger charge is -2.17. The molecule has 2 N–H and O–H groups in total. The average Bonchev–Trinajstić information content (AvgIpc) is 3.22. The molecule has 1 aliphatic rings. The van der Waals surface area contributed by atoms with E-state index in [0.717, 1.165) is 37.1 Å². The Labute approximate surface area is 181 Å². The molecule has 1 fully saturated rings. The Morgan fingerprint density at radius 1 is 1.07 bits per heavy atom. The molecule has 2 aromatic rings. The fraction of sp³-hybridized carbons (Fsp3) is 0.364. The normalized spacial score (nSPS) is 14.5. The van der Waals surface area contributed by atoms with E-state index in [4.69, 9.17) is 23.2 Å². The summed E-state index contributed by atoms with van der Waals surface area (Å²) in [5.41, 5.74) is 2.56. The van der Waals surface area contributed by atoms with Crippen LogP contribution in [0.2, 0.25) is 10.0 Å². The number of nitrogens with zero attached hydrogens (tertiary/aromatic N) is 1. The van der Waals surface area contributed by atoms with Crippen LogP contribution in [0, 0.1) is 0 Å². The molecule has 0 aromatic heterocycles. The molecule has 2 aromatic carbocycles. The Kier molecular flexibility index (Phi) is 7.40. The lowest BCUT2D eigenvalue weighted by molar-refractivity contribution is -0.130. The molecule has 0 spiro atoms. The summed E-state index contributed by atoms with van der Waals surface area (Å²) < 4.78 is 0. The van der Waals surface area contributed by atoms with Crippen LogP contribution in [-0.4, -0.2) is 29.9 Å². The standard InChI is InChI=1S/C22H25Cl2N3O2/c1-15(19-10-7-17(23)14-20(19)24)25-22(29)26-18-8-4-16(5-9-18)6-11-21(28)27-12-2-3-13-27/h4-5,7-10,14-15H,2-3,6,11-13H2,1H3,(H2,25,26,29). The lowest BCUT2D eigenvalue weighted by Crippen LogP contribution is -2.31. The minimum Gasteiger partial charge on any atom is -0.343 e. The van der Waals surface area contributed by atoms with Gasteiger partial charge in [0.2, 0.25) is 5.91 Å². The molecular formula is C22H25Cl2N3O2. The van der Waals surface area contributed by atoms with Gasteiger partial charge in [0, 0.05) is 35.2 Å². The van der Waals surface area contributed by atoms with Crippen molar-refractivity contribution in [1.82, 2.24) is 10.2 Å². The van der Waals surface area contributed by atoms with Crippen molar-refractivity contribution in [2.75, 3.05) is 18.4 Å². The van der Waals surface area contributed by atoms with Crippen molar-refractivity contribution in [3.63, 3.8) is 0 Å². The molecular weight excluding hydrogens is 409 g/mol. The monoisotopic (exact) mass is 433 g/mol. The highest BCUT2D eigenvalue weighted by molar-refractivity contribution is 6.35. The first-order chi connectivity index (χ1) is 13.9. The van der Waals surface area contributed by atoms with Crippen LogP contribution < -0.4 is 10.6 Å². The van der Waals surface area contributed by atoms with E-state index in [9.17, 15) is 9.59 Å². The zero-order valence-corrected chi connectivity index (χ0v) is 17.9. The van der Waals surface area contributed by atoms with Crippen LogP contribution in [0.1, 0.15) is 43.4 Å². The maximum Gasteiger partial charge on any atom is 0.319 e. The number of halogens is 2. The lowest BCUT2D eigenvalue weighted by atomic mass is 10.1. The number of benzene rings is 2. The number of likely N-dealkylation sites (tertiary alicyclic amines) is 1. The Balaban J connectivity index is 1.48. The highest BCUT2D eigenvalue weighted by Gasteiger charge is 2.17. The van der Waals surface area contributed by atoms with Gasteiger partial charge >= 0.3 is 6.03 Å². The quantitative estimate of drug-likeness (QED) is 0.637. The highest BCUT2D eigenvalue weighted by Crippen LogP contribution is 2.26. The first-order valence-electron chi connectivity index (χ1n) is 9.81. The molecule has 154 valence electrons. The number of carbonyl (C=O) groups excluding carboxylic acids is 2. The summed E-state index contributed by atoms with van der Waals surface area (Å²) in [5.74, 6) is 0.221. The summed E-state index contributed by atoms with van der Waals surface area (Å²) >= 11 is 12.1. The molecule has 0 radical (unpaired) electrons. The van der Waals surface area contributed by atoms with Crippen molar-refractivity contribution in [2.24, 2.45) is 0 Å². The van der Waals surface area contributed by atoms with Crippen molar-refractivity contribution in [1.29, 1.82) is 0 Å². The predicted octanol–water partition coefficient (Wildman–Crippen LogP) is 5.43. The number of aryl methyl sites for hydroxylation is 1. The predicted molar refractivity (Wildman–Crippen MR) is 118 cm³/mol. The van der Waals surface area contributed by atoms with Crippen LogP contribution in [0.15, 0.2) is 42.5 Å². The Bertz CT molecular complexity index is 865. The third kappa shape index (κ3) is 6.12. The molecule has 1 unspecified atom stereocenters. The van der Waals surface area contributed by atoms with Gasteiger partial charge in [0.15, 0.2) is 0 Å². The minimum absolute atomic E-state index is 0.221. The van der Waals surface area contributed by atoms with Gasteiger partial charge in [0.1, 0.15) is 0 Å². The zero-order valence-electron chi connectivity index (χ0n) is 16.4. The van der Waals surface area contributed by atoms with Crippen LogP contribution in [0.25, 0.3) is 0 Å². The Morgan fingerprint density at radius 2 is 1.76 bits per heavy atom. The first-order valence-corrected chi connectivity index (χ1v) is 10.6. The van der Waals surface area contributed by atoms with Gasteiger partial charge in [-0.2, -0.15) is 0 Å². The molecule has 1 heterocycles. The van der Waals surface area contributed by atoms with E-state index in [-0.39, 0.29) is 18.0 Å². The van der Waals surface area contributed by atoms with E-state index in [1.165, 1.54) is 0 Å². The summed E-state index contributed by atoms with van der Waals surface area (Å²) in [4.78, 5) is 26.4. The van der Waals surface area contributed by atoms with Gasteiger partial charge in [-0.15, -0.1) is 0 Å². The van der Waals surface area contributed by atoms with Crippen molar-refractivity contribution in [2.45, 2.75) is 38.6 Å². The number of amides is 3. The van der Waals surface area contributed by atoms with Gasteiger partial charge in [-0.25, -0.2) is 4.79 Å². The van der Waals surface area contributed by atoms with Gasteiger partial charge in [0.05, 0.1) is 6.04 Å². The molecule has 1 saturated heterocycles. The number of carbonyl (C=O) groups is 2. The van der Waals surface area contributed by atoms with Crippen LogP contribution in [0.5, 0.6) is 0 Å². The van der Waals surface area contributed by atoms with Gasteiger partial charge in [-0.3, -0.25) is 4.79 Å². The summed E-state index contributed by atoms with van der Waals surface area (Å²) in [6.45, 7) is 3.63. The summed E-state index contributed by atoms with van der Waals surface area (Å²) in [7, 11) is 0. The molecule has 1 aliphatic heterocycles. The Hall–Kier alpha value is -2.24. The number of hydrogen-bond acceptors (Lipinski definition) is 2. The van der Waals surface area contributed by atoms with E-state index in [1.54, 1.807) is 18.2 Å². The van der Waals surface area contributed by atoms with Gasteiger partial charge in [0.25, 0.3) is 0 Å². The molecule has 29 heavy (non-hydrogen) atoms. The molecule has 3 amide bonds. The smallest absolute Gasteiger partial charge is 0.319 e. The largest absolute Gasteiger partial charge is 0.343 e. The Morgan fingerprint density at radius 3 is 2.41 bits per heavy atom. The molecule has 7 heteroatoms. The molecule has 0 aliphatic carbocycles. The molecule has 3 rings (SSSR count). The van der Waals surface area contributed by atoms with Gasteiger partial charge < -0.3 is 15.5 Å². The summed E-state index contributed by atoms with van der Waals surface area (Å²) in [6, 6.07) is 12.2. The van der Waals surface area contributed by atoms with E-state index >= 15 is 0 Å². The summed E-state index contributed by atoms with van der Waals surface area (Å²) in [6.07, 6.45) is 3.44. The topological polar surface area (TPSA) is 61.4 Å². The first kappa shape index (κ1) is 21.5. The van der Waals surface area contributed by atoms with Crippen molar-refractivity contribution >= 4 is 40.8 Å². The number of rotatable bonds is 6. The number of hydrogen-bond donors (Lipinski definition) is 2. The van der Waals surface area contributed by atoms with Crippen LogP contribution in [0.3, 0.4) is 0 Å². The highest BCUT2D eigenvalue weighted by atomic mass is 35.5. The van der Waals surface area contributed by atoms with Crippen molar-refractivity contribution < 1.29 is 9.59 Å². The maximum atomic E-state index is 12.3. The molecule has 1 atom stereocenters. The zero-order chi connectivity index (χ0) is 20.8. The van der Waals surface area contributed by atoms with Crippen molar-refractivity contribution in [3.8, 4) is 0 Å². The molecule has 0 bridgehead atoms.